The third kappa shape index (κ3) is 3.97. The van der Waals surface area contributed by atoms with E-state index in [1.54, 1.807) is 0 Å². The van der Waals surface area contributed by atoms with Crippen LogP contribution >= 0.6 is 0 Å². The van der Waals surface area contributed by atoms with Gasteiger partial charge in [-0.1, -0.05) is 42.5 Å². The quantitative estimate of drug-likeness (QED) is 0.753. The molecule has 6 heteroatoms. The number of benzene rings is 2. The van der Waals surface area contributed by atoms with Crippen molar-refractivity contribution in [3.63, 3.8) is 0 Å². The number of fused-ring (bicyclic) bond motifs is 1. The zero-order valence-electron chi connectivity index (χ0n) is 14.2. The lowest BCUT2D eigenvalue weighted by molar-refractivity contribution is -0.142. The summed E-state index contributed by atoms with van der Waals surface area (Å²) in [7, 11) is 1.83. The number of likely N-dealkylation sites (tertiary alicyclic amines) is 1. The summed E-state index contributed by atoms with van der Waals surface area (Å²) in [6.07, 6.45) is 0.791. The summed E-state index contributed by atoms with van der Waals surface area (Å²) in [6.45, 7) is 0.639. The lowest BCUT2D eigenvalue weighted by Gasteiger charge is -2.21. The molecule has 25 heavy (non-hydrogen) atoms. The molecule has 3 unspecified atom stereocenters. The number of aliphatic carboxylic acids is 1. The number of nitrogens with one attached hydrogen (secondary N) is 1. The van der Waals surface area contributed by atoms with Crippen LogP contribution in [-0.2, 0) is 16.0 Å². The molecule has 3 atom stereocenters. The number of rotatable bonds is 5. The Morgan fingerprint density at radius 2 is 2.00 bits per heavy atom. The third-order valence-electron chi connectivity index (χ3n) is 4.75. The number of hydrogen-bond donors (Lipinski definition) is 3. The van der Waals surface area contributed by atoms with Crippen LogP contribution in [0, 0.1) is 0 Å². The Kier molecular flexibility index (Phi) is 5.01. The molecular weight excluding hydrogens is 318 g/mol. The van der Waals surface area contributed by atoms with Crippen molar-refractivity contribution < 1.29 is 14.7 Å². The van der Waals surface area contributed by atoms with E-state index in [-0.39, 0.29) is 24.4 Å². The number of nitrogens with two attached hydrogens (primary N) is 1. The van der Waals surface area contributed by atoms with E-state index >= 15 is 0 Å². The van der Waals surface area contributed by atoms with Crippen molar-refractivity contribution in [3.05, 3.63) is 48.0 Å². The Morgan fingerprint density at radius 3 is 2.64 bits per heavy atom. The van der Waals surface area contributed by atoms with Crippen molar-refractivity contribution in [1.29, 1.82) is 0 Å². The van der Waals surface area contributed by atoms with Crippen molar-refractivity contribution in [2.24, 2.45) is 5.73 Å². The first-order valence-corrected chi connectivity index (χ1v) is 8.40. The third-order valence-corrected chi connectivity index (χ3v) is 4.75. The highest BCUT2D eigenvalue weighted by Gasteiger charge is 2.34. The Hall–Kier alpha value is -2.44. The van der Waals surface area contributed by atoms with Crippen LogP contribution in [0.2, 0.25) is 0 Å². The molecule has 1 saturated heterocycles. The molecule has 2 aromatic carbocycles. The zero-order valence-corrected chi connectivity index (χ0v) is 14.2. The minimum absolute atomic E-state index is 0.0514. The maximum absolute atomic E-state index is 12.4. The van der Waals surface area contributed by atoms with E-state index in [4.69, 9.17) is 5.73 Å². The fourth-order valence-corrected chi connectivity index (χ4v) is 3.42. The topological polar surface area (TPSA) is 95.7 Å². The first-order chi connectivity index (χ1) is 11.9. The average Bonchev–Trinajstić information content (AvgIpc) is 2.92. The van der Waals surface area contributed by atoms with Gasteiger partial charge in [0.15, 0.2) is 0 Å². The standard InChI is InChI=1S/C19H23N3O3/c1-22-11-15(20)10-17(22)18(23)21-16(19(24)25)9-12-6-7-13-4-2-3-5-14(13)8-12/h2-8,15-17H,9-11,20H2,1H3,(H,21,23)(H,24,25). The van der Waals surface area contributed by atoms with E-state index < -0.39 is 12.0 Å². The summed E-state index contributed by atoms with van der Waals surface area (Å²) in [6, 6.07) is 12.4. The van der Waals surface area contributed by atoms with E-state index in [1.165, 1.54) is 0 Å². The van der Waals surface area contributed by atoms with Crippen molar-refractivity contribution in [2.75, 3.05) is 13.6 Å². The Bertz CT molecular complexity index is 792. The number of carboxylic acid groups (broad SMARTS) is 1. The second-order valence-electron chi connectivity index (χ2n) is 6.74. The summed E-state index contributed by atoms with van der Waals surface area (Å²) in [5.41, 5.74) is 6.76. The molecule has 1 fully saturated rings. The minimum Gasteiger partial charge on any atom is -0.480 e. The first kappa shape index (κ1) is 17.4. The highest BCUT2D eigenvalue weighted by Crippen LogP contribution is 2.18. The number of carbonyl (C=O) groups excluding carboxylic acids is 1. The summed E-state index contributed by atoms with van der Waals surface area (Å²) in [5, 5.41) is 14.3. The summed E-state index contributed by atoms with van der Waals surface area (Å²) in [5.74, 6) is -1.31. The fourth-order valence-electron chi connectivity index (χ4n) is 3.42. The van der Waals surface area contributed by atoms with Crippen LogP contribution in [0.4, 0.5) is 0 Å². The normalized spacial score (nSPS) is 22.0. The summed E-state index contributed by atoms with van der Waals surface area (Å²) < 4.78 is 0. The van der Waals surface area contributed by atoms with E-state index in [2.05, 4.69) is 5.32 Å². The van der Waals surface area contributed by atoms with Crippen LogP contribution in [0.15, 0.2) is 42.5 Å². The average molecular weight is 341 g/mol. The second-order valence-corrected chi connectivity index (χ2v) is 6.74. The molecule has 4 N–H and O–H groups in total. The van der Waals surface area contributed by atoms with Gasteiger partial charge < -0.3 is 16.2 Å². The van der Waals surface area contributed by atoms with Gasteiger partial charge >= 0.3 is 5.97 Å². The zero-order chi connectivity index (χ0) is 18.0. The van der Waals surface area contributed by atoms with Crippen LogP contribution < -0.4 is 11.1 Å². The smallest absolute Gasteiger partial charge is 0.326 e. The van der Waals surface area contributed by atoms with Crippen LogP contribution in [-0.4, -0.2) is 53.6 Å². The van der Waals surface area contributed by atoms with Crippen molar-refractivity contribution in [1.82, 2.24) is 10.2 Å². The molecule has 6 nitrogen and oxygen atoms in total. The highest BCUT2D eigenvalue weighted by molar-refractivity contribution is 5.88. The number of likely N-dealkylation sites (N-methyl/N-ethyl adjacent to an activating group) is 1. The minimum atomic E-state index is -1.04. The molecule has 1 aliphatic rings. The summed E-state index contributed by atoms with van der Waals surface area (Å²) >= 11 is 0. The molecule has 0 radical (unpaired) electrons. The summed E-state index contributed by atoms with van der Waals surface area (Å²) in [4.78, 5) is 25.9. The molecular formula is C19H23N3O3. The number of amides is 1. The maximum Gasteiger partial charge on any atom is 0.326 e. The molecule has 1 heterocycles. The predicted molar refractivity (Wildman–Crippen MR) is 96.2 cm³/mol. The van der Waals surface area contributed by atoms with E-state index in [1.807, 2.05) is 54.4 Å². The molecule has 132 valence electrons. The van der Waals surface area contributed by atoms with Crippen molar-refractivity contribution in [2.45, 2.75) is 31.0 Å². The molecule has 0 spiro atoms. The lowest BCUT2D eigenvalue weighted by Crippen LogP contribution is -2.49. The van der Waals surface area contributed by atoms with Crippen molar-refractivity contribution >= 4 is 22.6 Å². The van der Waals surface area contributed by atoms with Gasteiger partial charge in [-0.2, -0.15) is 0 Å². The van der Waals surface area contributed by atoms with Crippen molar-refractivity contribution in [3.8, 4) is 0 Å². The number of hydrogen-bond acceptors (Lipinski definition) is 4. The molecule has 1 aliphatic heterocycles. The molecule has 0 aliphatic carbocycles. The number of carbonyl (C=O) groups is 2. The van der Waals surface area contributed by atoms with Gasteiger partial charge in [0, 0.05) is 19.0 Å². The SMILES string of the molecule is CN1CC(N)CC1C(=O)NC(Cc1ccc2ccccc2c1)C(=O)O. The van der Waals surface area contributed by atoms with E-state index in [9.17, 15) is 14.7 Å². The van der Waals surface area contributed by atoms with Crippen LogP contribution in [0.1, 0.15) is 12.0 Å². The maximum atomic E-state index is 12.4. The van der Waals surface area contributed by atoms with Gasteiger partial charge in [-0.3, -0.25) is 9.69 Å². The fraction of sp³-hybridized carbons (Fsp3) is 0.368. The highest BCUT2D eigenvalue weighted by atomic mass is 16.4. The second kappa shape index (κ2) is 7.21. The largest absolute Gasteiger partial charge is 0.480 e. The number of carboxylic acids is 1. The Balaban J connectivity index is 1.72. The molecule has 3 rings (SSSR count). The van der Waals surface area contributed by atoms with Gasteiger partial charge in [-0.25, -0.2) is 4.79 Å². The molecule has 0 aromatic heterocycles. The molecule has 0 saturated carbocycles. The Labute approximate surface area is 146 Å². The Morgan fingerprint density at radius 1 is 1.28 bits per heavy atom. The predicted octanol–water partition coefficient (Wildman–Crippen LogP) is 0.983. The lowest BCUT2D eigenvalue weighted by atomic mass is 10.0. The van der Waals surface area contributed by atoms with Gasteiger partial charge in [-0.15, -0.1) is 0 Å². The molecule has 2 aromatic rings. The van der Waals surface area contributed by atoms with Gasteiger partial charge in [-0.05, 0) is 29.8 Å². The van der Waals surface area contributed by atoms with Gasteiger partial charge in [0.2, 0.25) is 5.91 Å². The monoisotopic (exact) mass is 341 g/mol. The molecule has 1 amide bonds. The van der Waals surface area contributed by atoms with E-state index in [0.29, 0.717) is 13.0 Å². The first-order valence-electron chi connectivity index (χ1n) is 8.40. The number of nitrogens with zero attached hydrogens (tertiary/aromatic N) is 1. The van der Waals surface area contributed by atoms with Crippen LogP contribution in [0.25, 0.3) is 10.8 Å². The van der Waals surface area contributed by atoms with Crippen LogP contribution in [0.5, 0.6) is 0 Å². The van der Waals surface area contributed by atoms with Gasteiger partial charge in [0.05, 0.1) is 6.04 Å². The van der Waals surface area contributed by atoms with Gasteiger partial charge in [0.1, 0.15) is 6.04 Å². The molecule has 0 bridgehead atoms. The van der Waals surface area contributed by atoms with E-state index in [0.717, 1.165) is 16.3 Å². The van der Waals surface area contributed by atoms with Gasteiger partial charge in [0.25, 0.3) is 0 Å². The van der Waals surface area contributed by atoms with Crippen LogP contribution in [0.3, 0.4) is 0 Å².